The zero-order chi connectivity index (χ0) is 11.4. The summed E-state index contributed by atoms with van der Waals surface area (Å²) >= 11 is 0. The Bertz CT molecular complexity index is 488. The summed E-state index contributed by atoms with van der Waals surface area (Å²) in [6, 6.07) is 1.84. The smallest absolute Gasteiger partial charge is 0.220 e. The average molecular weight is 219 g/mol. The molecule has 16 heavy (non-hydrogen) atoms. The normalized spacial score (nSPS) is 10.6. The number of hydrogen-bond acceptors (Lipinski definition) is 6. The molecule has 0 aliphatic rings. The largest absolute Gasteiger partial charge is 0.383 e. The van der Waals surface area contributed by atoms with Crippen LogP contribution in [0.25, 0.3) is 10.9 Å². The van der Waals surface area contributed by atoms with Gasteiger partial charge in [-0.15, -0.1) is 0 Å². The van der Waals surface area contributed by atoms with E-state index in [1.165, 1.54) is 0 Å². The van der Waals surface area contributed by atoms with E-state index in [0.717, 1.165) is 10.9 Å². The van der Waals surface area contributed by atoms with Crippen LogP contribution in [0.15, 0.2) is 18.5 Å². The van der Waals surface area contributed by atoms with Crippen LogP contribution in [0.1, 0.15) is 0 Å². The predicted molar refractivity (Wildman–Crippen MR) is 62.1 cm³/mol. The quantitative estimate of drug-likeness (QED) is 0.735. The van der Waals surface area contributed by atoms with E-state index < -0.39 is 0 Å². The minimum atomic E-state index is 0.246. The Morgan fingerprint density at radius 1 is 1.44 bits per heavy atom. The SMILES string of the molecule is COCCNc1nccc2cnc(N)nc12. The van der Waals surface area contributed by atoms with Gasteiger partial charge < -0.3 is 15.8 Å². The molecule has 2 aromatic heterocycles. The van der Waals surface area contributed by atoms with Crippen LogP contribution in [0.2, 0.25) is 0 Å². The van der Waals surface area contributed by atoms with Crippen molar-refractivity contribution in [1.29, 1.82) is 0 Å². The Hall–Kier alpha value is -1.95. The average Bonchev–Trinajstić information content (AvgIpc) is 2.30. The van der Waals surface area contributed by atoms with Gasteiger partial charge in [-0.1, -0.05) is 0 Å². The number of pyridine rings is 1. The van der Waals surface area contributed by atoms with Gasteiger partial charge in [0.15, 0.2) is 5.82 Å². The maximum atomic E-state index is 5.55. The summed E-state index contributed by atoms with van der Waals surface area (Å²) in [5.74, 6) is 0.943. The van der Waals surface area contributed by atoms with Crippen molar-refractivity contribution in [2.75, 3.05) is 31.3 Å². The third-order valence-electron chi connectivity index (χ3n) is 2.12. The van der Waals surface area contributed by atoms with Crippen molar-refractivity contribution >= 4 is 22.7 Å². The molecule has 2 heterocycles. The molecule has 0 aliphatic heterocycles. The summed E-state index contributed by atoms with van der Waals surface area (Å²) in [5.41, 5.74) is 6.27. The second-order valence-corrected chi connectivity index (χ2v) is 3.25. The van der Waals surface area contributed by atoms with Crippen LogP contribution in [0.3, 0.4) is 0 Å². The first-order valence-electron chi connectivity index (χ1n) is 4.91. The first kappa shape index (κ1) is 10.6. The summed E-state index contributed by atoms with van der Waals surface area (Å²) in [6.07, 6.45) is 3.39. The molecule has 0 aliphatic carbocycles. The second-order valence-electron chi connectivity index (χ2n) is 3.25. The fourth-order valence-corrected chi connectivity index (χ4v) is 1.37. The van der Waals surface area contributed by atoms with Gasteiger partial charge in [-0.2, -0.15) is 0 Å². The highest BCUT2D eigenvalue weighted by atomic mass is 16.5. The van der Waals surface area contributed by atoms with Crippen molar-refractivity contribution in [1.82, 2.24) is 15.0 Å². The summed E-state index contributed by atoms with van der Waals surface area (Å²) in [6.45, 7) is 1.28. The second kappa shape index (κ2) is 4.71. The minimum absolute atomic E-state index is 0.246. The molecular formula is C10H13N5O. The number of anilines is 2. The van der Waals surface area contributed by atoms with Crippen molar-refractivity contribution in [3.05, 3.63) is 18.5 Å². The third-order valence-corrected chi connectivity index (χ3v) is 2.12. The van der Waals surface area contributed by atoms with E-state index in [1.54, 1.807) is 19.5 Å². The number of ether oxygens (including phenoxy) is 1. The van der Waals surface area contributed by atoms with Crippen molar-refractivity contribution in [3.63, 3.8) is 0 Å². The summed E-state index contributed by atoms with van der Waals surface area (Å²) in [5, 5.41) is 4.04. The van der Waals surface area contributed by atoms with Crippen LogP contribution >= 0.6 is 0 Å². The van der Waals surface area contributed by atoms with Crippen molar-refractivity contribution in [3.8, 4) is 0 Å². The molecule has 6 nitrogen and oxygen atoms in total. The van der Waals surface area contributed by atoms with E-state index in [9.17, 15) is 0 Å². The van der Waals surface area contributed by atoms with Crippen molar-refractivity contribution in [2.24, 2.45) is 0 Å². The molecule has 2 rings (SSSR count). The molecule has 84 valence electrons. The molecule has 0 saturated heterocycles. The lowest BCUT2D eigenvalue weighted by molar-refractivity contribution is 0.210. The van der Waals surface area contributed by atoms with Gasteiger partial charge in [0.05, 0.1) is 6.61 Å². The van der Waals surface area contributed by atoms with E-state index in [4.69, 9.17) is 10.5 Å². The van der Waals surface area contributed by atoms with Gasteiger partial charge in [0.2, 0.25) is 5.95 Å². The standard InChI is InChI=1S/C10H13N5O/c1-16-5-4-13-9-8-7(2-3-12-9)6-14-10(11)15-8/h2-3,6H,4-5H2,1H3,(H,12,13)(H2,11,14,15). The number of aromatic nitrogens is 3. The lowest BCUT2D eigenvalue weighted by Crippen LogP contribution is -2.09. The zero-order valence-corrected chi connectivity index (χ0v) is 8.97. The number of hydrogen-bond donors (Lipinski definition) is 2. The summed E-state index contributed by atoms with van der Waals surface area (Å²) < 4.78 is 4.95. The highest BCUT2D eigenvalue weighted by Gasteiger charge is 2.04. The topological polar surface area (TPSA) is 86.0 Å². The van der Waals surface area contributed by atoms with Gasteiger partial charge in [0.25, 0.3) is 0 Å². The molecule has 3 N–H and O–H groups in total. The molecule has 0 unspecified atom stereocenters. The number of methoxy groups -OCH3 is 1. The van der Waals surface area contributed by atoms with Crippen LogP contribution in [-0.4, -0.2) is 35.2 Å². The molecule has 2 aromatic rings. The van der Waals surface area contributed by atoms with E-state index in [2.05, 4.69) is 20.3 Å². The maximum absolute atomic E-state index is 5.55. The van der Waals surface area contributed by atoms with E-state index in [-0.39, 0.29) is 5.95 Å². The maximum Gasteiger partial charge on any atom is 0.220 e. The fourth-order valence-electron chi connectivity index (χ4n) is 1.37. The highest BCUT2D eigenvalue weighted by molar-refractivity contribution is 5.87. The number of nitrogens with two attached hydrogens (primary N) is 1. The van der Waals surface area contributed by atoms with Gasteiger partial charge in [-0.05, 0) is 6.07 Å². The molecule has 6 heteroatoms. The predicted octanol–water partition coefficient (Wildman–Crippen LogP) is 0.665. The summed E-state index contributed by atoms with van der Waals surface area (Å²) in [4.78, 5) is 12.3. The number of fused-ring (bicyclic) bond motifs is 1. The van der Waals surface area contributed by atoms with Gasteiger partial charge in [0, 0.05) is 31.4 Å². The van der Waals surface area contributed by atoms with Crippen molar-refractivity contribution < 1.29 is 4.74 Å². The van der Waals surface area contributed by atoms with Gasteiger partial charge in [-0.3, -0.25) is 0 Å². The minimum Gasteiger partial charge on any atom is -0.383 e. The van der Waals surface area contributed by atoms with E-state index in [0.29, 0.717) is 19.0 Å². The Kier molecular flexibility index (Phi) is 3.11. The number of rotatable bonds is 4. The molecule has 0 amide bonds. The van der Waals surface area contributed by atoms with Crippen LogP contribution in [-0.2, 0) is 4.74 Å². The van der Waals surface area contributed by atoms with Crippen LogP contribution in [0, 0.1) is 0 Å². The number of nitrogens with one attached hydrogen (secondary N) is 1. The molecule has 0 bridgehead atoms. The van der Waals surface area contributed by atoms with E-state index in [1.807, 2.05) is 6.07 Å². The summed E-state index contributed by atoms with van der Waals surface area (Å²) in [7, 11) is 1.65. The molecule has 0 aromatic carbocycles. The van der Waals surface area contributed by atoms with Crippen LogP contribution < -0.4 is 11.1 Å². The molecule has 0 spiro atoms. The third kappa shape index (κ3) is 2.17. The Labute approximate surface area is 92.9 Å². The van der Waals surface area contributed by atoms with Gasteiger partial charge in [-0.25, -0.2) is 15.0 Å². The lowest BCUT2D eigenvalue weighted by Gasteiger charge is -2.07. The first-order chi connectivity index (χ1) is 7.81. The number of nitrogen functional groups attached to an aromatic ring is 1. The fraction of sp³-hybridized carbons (Fsp3) is 0.300. The Balaban J connectivity index is 2.32. The van der Waals surface area contributed by atoms with Crippen molar-refractivity contribution in [2.45, 2.75) is 0 Å². The molecule has 0 radical (unpaired) electrons. The number of nitrogens with zero attached hydrogens (tertiary/aromatic N) is 3. The van der Waals surface area contributed by atoms with E-state index >= 15 is 0 Å². The van der Waals surface area contributed by atoms with Gasteiger partial charge in [0.1, 0.15) is 5.52 Å². The van der Waals surface area contributed by atoms with Crippen LogP contribution in [0.5, 0.6) is 0 Å². The molecule has 0 atom stereocenters. The Morgan fingerprint density at radius 2 is 2.31 bits per heavy atom. The highest BCUT2D eigenvalue weighted by Crippen LogP contribution is 2.18. The molecular weight excluding hydrogens is 206 g/mol. The monoisotopic (exact) mass is 219 g/mol. The zero-order valence-electron chi connectivity index (χ0n) is 8.97. The Morgan fingerprint density at radius 3 is 3.12 bits per heavy atom. The van der Waals surface area contributed by atoms with Gasteiger partial charge >= 0.3 is 0 Å². The lowest BCUT2D eigenvalue weighted by atomic mass is 10.3. The first-order valence-corrected chi connectivity index (χ1v) is 4.91. The molecule has 0 fully saturated rings. The molecule has 0 saturated carbocycles. The van der Waals surface area contributed by atoms with Crippen LogP contribution in [0.4, 0.5) is 11.8 Å².